The molecular formula is C17H11Cl2F3N4O2. The standard InChI is InChI=1S/C17H11Cl2F3N4O2/c18-14-5-4-13(7-15(14)19)26-8-12(24-25-26)9-28-16(27)23-11-3-1-2-10(6-11)17(20,21)22/h1-8H,9H2,(H,23,27). The molecule has 0 aliphatic carbocycles. The maximum Gasteiger partial charge on any atom is 0.416 e. The second-order valence-corrected chi connectivity index (χ2v) is 6.35. The van der Waals surface area contributed by atoms with E-state index in [0.717, 1.165) is 12.1 Å². The van der Waals surface area contributed by atoms with Crippen LogP contribution in [0.3, 0.4) is 0 Å². The van der Waals surface area contributed by atoms with E-state index in [-0.39, 0.29) is 12.3 Å². The van der Waals surface area contributed by atoms with E-state index in [1.165, 1.54) is 23.0 Å². The van der Waals surface area contributed by atoms with Crippen LogP contribution in [0.1, 0.15) is 11.3 Å². The summed E-state index contributed by atoms with van der Waals surface area (Å²) in [4.78, 5) is 11.8. The van der Waals surface area contributed by atoms with Crippen LogP contribution in [0.4, 0.5) is 23.7 Å². The van der Waals surface area contributed by atoms with Gasteiger partial charge in [0.05, 0.1) is 27.5 Å². The first-order valence-corrected chi connectivity index (χ1v) is 8.45. The first-order chi connectivity index (χ1) is 13.2. The Bertz CT molecular complexity index is 1010. The topological polar surface area (TPSA) is 69.0 Å². The average Bonchev–Trinajstić information content (AvgIpc) is 3.11. The molecular weight excluding hydrogens is 420 g/mol. The minimum Gasteiger partial charge on any atom is -0.443 e. The van der Waals surface area contributed by atoms with Gasteiger partial charge >= 0.3 is 12.3 Å². The highest BCUT2D eigenvalue weighted by molar-refractivity contribution is 6.42. The van der Waals surface area contributed by atoms with E-state index in [1.54, 1.807) is 18.2 Å². The lowest BCUT2D eigenvalue weighted by Crippen LogP contribution is -2.14. The molecule has 0 saturated heterocycles. The van der Waals surface area contributed by atoms with Gasteiger partial charge in [0.1, 0.15) is 12.3 Å². The van der Waals surface area contributed by atoms with Crippen LogP contribution in [0.15, 0.2) is 48.7 Å². The molecule has 0 saturated carbocycles. The van der Waals surface area contributed by atoms with Crippen molar-refractivity contribution in [3.8, 4) is 5.69 Å². The summed E-state index contributed by atoms with van der Waals surface area (Å²) in [5.41, 5.74) is 0.000913. The van der Waals surface area contributed by atoms with Gasteiger partial charge in [-0.2, -0.15) is 13.2 Å². The highest BCUT2D eigenvalue weighted by atomic mass is 35.5. The van der Waals surface area contributed by atoms with Crippen molar-refractivity contribution in [2.45, 2.75) is 12.8 Å². The molecule has 11 heteroatoms. The lowest BCUT2D eigenvalue weighted by molar-refractivity contribution is -0.137. The molecule has 3 aromatic rings. The zero-order valence-electron chi connectivity index (χ0n) is 13.9. The van der Waals surface area contributed by atoms with Crippen LogP contribution in [-0.4, -0.2) is 21.1 Å². The van der Waals surface area contributed by atoms with Crippen molar-refractivity contribution in [1.82, 2.24) is 15.0 Å². The number of anilines is 1. The Hall–Kier alpha value is -2.78. The molecule has 1 amide bonds. The first kappa shape index (κ1) is 20.0. The van der Waals surface area contributed by atoms with Crippen LogP contribution in [0, 0.1) is 0 Å². The molecule has 1 aromatic heterocycles. The van der Waals surface area contributed by atoms with Gasteiger partial charge in [-0.25, -0.2) is 9.48 Å². The Morgan fingerprint density at radius 1 is 1.14 bits per heavy atom. The largest absolute Gasteiger partial charge is 0.443 e. The van der Waals surface area contributed by atoms with Gasteiger partial charge < -0.3 is 4.74 Å². The van der Waals surface area contributed by atoms with Crippen molar-refractivity contribution in [2.75, 3.05) is 5.32 Å². The Morgan fingerprint density at radius 2 is 1.93 bits per heavy atom. The number of carbonyl (C=O) groups excluding carboxylic acids is 1. The molecule has 1 heterocycles. The monoisotopic (exact) mass is 430 g/mol. The molecule has 0 spiro atoms. The predicted octanol–water partition coefficient (Wildman–Crippen LogP) is 5.34. The third kappa shape index (κ3) is 4.93. The van der Waals surface area contributed by atoms with E-state index in [1.807, 2.05) is 0 Å². The molecule has 146 valence electrons. The van der Waals surface area contributed by atoms with Gasteiger partial charge in [0.25, 0.3) is 0 Å². The quantitative estimate of drug-likeness (QED) is 0.606. The number of ether oxygens (including phenoxy) is 1. The number of aromatic nitrogens is 3. The number of amides is 1. The lowest BCUT2D eigenvalue weighted by Gasteiger charge is -2.09. The molecule has 0 unspecified atom stereocenters. The molecule has 0 atom stereocenters. The van der Waals surface area contributed by atoms with Crippen molar-refractivity contribution >= 4 is 35.0 Å². The summed E-state index contributed by atoms with van der Waals surface area (Å²) >= 11 is 11.8. The number of alkyl halides is 3. The highest BCUT2D eigenvalue weighted by Crippen LogP contribution is 2.30. The van der Waals surface area contributed by atoms with Crippen LogP contribution < -0.4 is 5.32 Å². The van der Waals surface area contributed by atoms with Gasteiger partial charge in [0, 0.05) is 5.69 Å². The van der Waals surface area contributed by atoms with Crippen molar-refractivity contribution in [3.63, 3.8) is 0 Å². The van der Waals surface area contributed by atoms with E-state index in [2.05, 4.69) is 15.6 Å². The number of hydrogen-bond acceptors (Lipinski definition) is 4. The fourth-order valence-electron chi connectivity index (χ4n) is 2.18. The summed E-state index contributed by atoms with van der Waals surface area (Å²) in [5, 5.41) is 10.7. The first-order valence-electron chi connectivity index (χ1n) is 7.70. The molecule has 0 radical (unpaired) electrons. The molecule has 1 N–H and O–H groups in total. The molecule has 0 aliphatic rings. The zero-order chi connectivity index (χ0) is 20.3. The summed E-state index contributed by atoms with van der Waals surface area (Å²) < 4.78 is 44.4. The highest BCUT2D eigenvalue weighted by Gasteiger charge is 2.30. The van der Waals surface area contributed by atoms with Crippen LogP contribution >= 0.6 is 23.2 Å². The van der Waals surface area contributed by atoms with E-state index in [0.29, 0.717) is 21.4 Å². The Kier molecular flexibility index (Phi) is 5.76. The minimum absolute atomic E-state index is 0.0423. The number of carbonyl (C=O) groups is 1. The number of nitrogens with zero attached hydrogens (tertiary/aromatic N) is 3. The van der Waals surface area contributed by atoms with Gasteiger partial charge in [-0.15, -0.1) is 5.10 Å². The maximum absolute atomic E-state index is 12.7. The average molecular weight is 431 g/mol. The van der Waals surface area contributed by atoms with Crippen LogP contribution in [-0.2, 0) is 17.5 Å². The summed E-state index contributed by atoms with van der Waals surface area (Å²) in [5.74, 6) is 0. The number of halogens is 5. The van der Waals surface area contributed by atoms with Gasteiger partial charge in [-0.1, -0.05) is 34.5 Å². The Labute approximate surface area is 166 Å². The predicted molar refractivity (Wildman–Crippen MR) is 96.6 cm³/mol. The number of nitrogens with one attached hydrogen (secondary N) is 1. The molecule has 0 aliphatic heterocycles. The van der Waals surface area contributed by atoms with Crippen molar-refractivity contribution in [1.29, 1.82) is 0 Å². The molecule has 3 rings (SSSR count). The van der Waals surface area contributed by atoms with Crippen molar-refractivity contribution < 1.29 is 22.7 Å². The third-order valence-electron chi connectivity index (χ3n) is 3.50. The van der Waals surface area contributed by atoms with Gasteiger partial charge in [0.2, 0.25) is 0 Å². The SMILES string of the molecule is O=C(Nc1cccc(C(F)(F)F)c1)OCc1cn(-c2ccc(Cl)c(Cl)c2)nn1. The molecule has 0 bridgehead atoms. The van der Waals surface area contributed by atoms with E-state index >= 15 is 0 Å². The van der Waals surface area contributed by atoms with Crippen LogP contribution in [0.2, 0.25) is 10.0 Å². The number of rotatable bonds is 4. The summed E-state index contributed by atoms with van der Waals surface area (Å²) in [6, 6.07) is 9.06. The number of hydrogen-bond donors (Lipinski definition) is 1. The van der Waals surface area contributed by atoms with Crippen LogP contribution in [0.5, 0.6) is 0 Å². The molecule has 6 nitrogen and oxygen atoms in total. The summed E-state index contributed by atoms with van der Waals surface area (Å²) in [7, 11) is 0. The molecule has 0 fully saturated rings. The fourth-order valence-corrected chi connectivity index (χ4v) is 2.48. The molecule has 28 heavy (non-hydrogen) atoms. The summed E-state index contributed by atoms with van der Waals surface area (Å²) in [6.45, 7) is -0.230. The smallest absolute Gasteiger partial charge is 0.416 e. The third-order valence-corrected chi connectivity index (χ3v) is 4.24. The van der Waals surface area contributed by atoms with Gasteiger partial charge in [0.15, 0.2) is 0 Å². The van der Waals surface area contributed by atoms with Crippen LogP contribution in [0.25, 0.3) is 5.69 Å². The van der Waals surface area contributed by atoms with E-state index < -0.39 is 17.8 Å². The lowest BCUT2D eigenvalue weighted by atomic mass is 10.2. The Balaban J connectivity index is 1.60. The van der Waals surface area contributed by atoms with Crippen molar-refractivity contribution in [3.05, 3.63) is 70.0 Å². The normalized spacial score (nSPS) is 11.3. The second kappa shape index (κ2) is 8.07. The second-order valence-electron chi connectivity index (χ2n) is 5.53. The van der Waals surface area contributed by atoms with Gasteiger partial charge in [-0.3, -0.25) is 5.32 Å². The molecule has 2 aromatic carbocycles. The van der Waals surface area contributed by atoms with E-state index in [9.17, 15) is 18.0 Å². The fraction of sp³-hybridized carbons (Fsp3) is 0.118. The Morgan fingerprint density at radius 3 is 2.64 bits per heavy atom. The maximum atomic E-state index is 12.7. The minimum atomic E-state index is -4.51. The van der Waals surface area contributed by atoms with Crippen molar-refractivity contribution in [2.24, 2.45) is 0 Å². The van der Waals surface area contributed by atoms with Gasteiger partial charge in [-0.05, 0) is 36.4 Å². The van der Waals surface area contributed by atoms with E-state index in [4.69, 9.17) is 27.9 Å². The summed E-state index contributed by atoms with van der Waals surface area (Å²) in [6.07, 6.45) is -3.93. The zero-order valence-corrected chi connectivity index (χ0v) is 15.4. The number of benzene rings is 2.